The lowest BCUT2D eigenvalue weighted by Gasteiger charge is -2.37. The molecule has 0 bridgehead atoms. The number of nitrogens with one attached hydrogen (secondary N) is 2. The summed E-state index contributed by atoms with van der Waals surface area (Å²) in [5.74, 6) is -0.116. The number of hydrogen-bond donors (Lipinski definition) is 2. The molecule has 0 atom stereocenters. The molecule has 2 aromatic rings. The Bertz CT molecular complexity index is 766. The number of hydrogen-bond acceptors (Lipinski definition) is 2. The molecule has 1 aliphatic rings. The second-order valence-electron chi connectivity index (χ2n) is 7.50. The van der Waals surface area contributed by atoms with Crippen molar-refractivity contribution in [1.29, 1.82) is 0 Å². The van der Waals surface area contributed by atoms with Crippen molar-refractivity contribution in [2.45, 2.75) is 39.2 Å². The SMILES string of the molecule is CC(C)NC(=O)C1(Cc2ccccc2-c2cccc(F)c2)CCNCC1. The van der Waals surface area contributed by atoms with Gasteiger partial charge in [-0.15, -0.1) is 0 Å². The molecule has 3 rings (SSSR count). The lowest BCUT2D eigenvalue weighted by atomic mass is 9.72. The van der Waals surface area contributed by atoms with Crippen molar-refractivity contribution in [2.24, 2.45) is 5.41 Å². The summed E-state index contributed by atoms with van der Waals surface area (Å²) < 4.78 is 13.7. The monoisotopic (exact) mass is 354 g/mol. The van der Waals surface area contributed by atoms with Crippen molar-refractivity contribution in [3.63, 3.8) is 0 Å². The number of carbonyl (C=O) groups excluding carboxylic acids is 1. The van der Waals surface area contributed by atoms with Crippen molar-refractivity contribution in [1.82, 2.24) is 10.6 Å². The molecule has 1 aliphatic heterocycles. The van der Waals surface area contributed by atoms with Crippen LogP contribution >= 0.6 is 0 Å². The van der Waals surface area contributed by atoms with Crippen molar-refractivity contribution in [3.8, 4) is 11.1 Å². The quantitative estimate of drug-likeness (QED) is 0.854. The molecule has 26 heavy (non-hydrogen) atoms. The Morgan fingerprint density at radius 1 is 1.15 bits per heavy atom. The van der Waals surface area contributed by atoms with E-state index in [-0.39, 0.29) is 17.8 Å². The molecule has 0 saturated carbocycles. The van der Waals surface area contributed by atoms with Gasteiger partial charge in [-0.1, -0.05) is 36.4 Å². The van der Waals surface area contributed by atoms with E-state index in [1.54, 1.807) is 12.1 Å². The summed E-state index contributed by atoms with van der Waals surface area (Å²) in [7, 11) is 0. The molecule has 1 fully saturated rings. The molecule has 138 valence electrons. The van der Waals surface area contributed by atoms with Gasteiger partial charge in [0.2, 0.25) is 5.91 Å². The van der Waals surface area contributed by atoms with Gasteiger partial charge in [0.1, 0.15) is 5.82 Å². The van der Waals surface area contributed by atoms with E-state index in [1.165, 1.54) is 6.07 Å². The highest BCUT2D eigenvalue weighted by Crippen LogP contribution is 2.36. The lowest BCUT2D eigenvalue weighted by molar-refractivity contribution is -0.133. The van der Waals surface area contributed by atoms with Crippen LogP contribution in [0.15, 0.2) is 48.5 Å². The van der Waals surface area contributed by atoms with Gasteiger partial charge >= 0.3 is 0 Å². The zero-order chi connectivity index (χ0) is 18.6. The molecule has 0 spiro atoms. The van der Waals surface area contributed by atoms with Crippen LogP contribution in [0.1, 0.15) is 32.3 Å². The summed E-state index contributed by atoms with van der Waals surface area (Å²) in [5.41, 5.74) is 2.54. The molecule has 1 amide bonds. The number of halogens is 1. The first-order valence-electron chi connectivity index (χ1n) is 9.36. The highest BCUT2D eigenvalue weighted by Gasteiger charge is 2.40. The predicted molar refractivity (Wildman–Crippen MR) is 103 cm³/mol. The van der Waals surface area contributed by atoms with Gasteiger partial charge in [-0.05, 0) is 75.0 Å². The van der Waals surface area contributed by atoms with E-state index in [0.29, 0.717) is 6.42 Å². The van der Waals surface area contributed by atoms with Gasteiger partial charge in [0.25, 0.3) is 0 Å². The third-order valence-corrected chi connectivity index (χ3v) is 5.14. The highest BCUT2D eigenvalue weighted by atomic mass is 19.1. The standard InChI is InChI=1S/C22H27FN2O/c1-16(2)25-21(26)22(10-12-24-13-11-22)15-18-6-3-4-9-20(18)17-7-5-8-19(23)14-17/h3-9,14,16,24H,10-13,15H2,1-2H3,(H,25,26). The zero-order valence-corrected chi connectivity index (χ0v) is 15.5. The summed E-state index contributed by atoms with van der Waals surface area (Å²) in [6, 6.07) is 14.8. The summed E-state index contributed by atoms with van der Waals surface area (Å²) in [6.45, 7) is 5.67. The van der Waals surface area contributed by atoms with Gasteiger partial charge in [0.15, 0.2) is 0 Å². The summed E-state index contributed by atoms with van der Waals surface area (Å²) in [6.07, 6.45) is 2.28. The maximum Gasteiger partial charge on any atom is 0.226 e. The van der Waals surface area contributed by atoms with Crippen molar-refractivity contribution < 1.29 is 9.18 Å². The molecule has 3 nitrogen and oxygen atoms in total. The van der Waals surface area contributed by atoms with Crippen LogP contribution in [-0.2, 0) is 11.2 Å². The van der Waals surface area contributed by atoms with Crippen molar-refractivity contribution >= 4 is 5.91 Å². The molecule has 0 aliphatic carbocycles. The van der Waals surface area contributed by atoms with Gasteiger partial charge in [0, 0.05) is 6.04 Å². The van der Waals surface area contributed by atoms with E-state index in [1.807, 2.05) is 38.1 Å². The molecule has 2 N–H and O–H groups in total. The molecule has 0 radical (unpaired) electrons. The fourth-order valence-corrected chi connectivity index (χ4v) is 3.78. The maximum absolute atomic E-state index is 13.7. The van der Waals surface area contributed by atoms with Gasteiger partial charge in [-0.2, -0.15) is 0 Å². The van der Waals surface area contributed by atoms with Gasteiger partial charge < -0.3 is 10.6 Å². The van der Waals surface area contributed by atoms with Crippen LogP contribution in [-0.4, -0.2) is 25.0 Å². The minimum absolute atomic E-state index is 0.118. The third-order valence-electron chi connectivity index (χ3n) is 5.14. The van der Waals surface area contributed by atoms with Crippen molar-refractivity contribution in [2.75, 3.05) is 13.1 Å². The van der Waals surface area contributed by atoms with Crippen LogP contribution in [0.3, 0.4) is 0 Å². The van der Waals surface area contributed by atoms with Crippen LogP contribution in [0, 0.1) is 11.2 Å². The van der Waals surface area contributed by atoms with E-state index in [4.69, 9.17) is 0 Å². The van der Waals surface area contributed by atoms with Gasteiger partial charge in [-0.25, -0.2) is 4.39 Å². The van der Waals surface area contributed by atoms with Crippen molar-refractivity contribution in [3.05, 3.63) is 59.9 Å². The minimum Gasteiger partial charge on any atom is -0.353 e. The van der Waals surface area contributed by atoms with Crippen LogP contribution in [0.5, 0.6) is 0 Å². The van der Waals surface area contributed by atoms with Crippen LogP contribution in [0.2, 0.25) is 0 Å². The largest absolute Gasteiger partial charge is 0.353 e. The highest BCUT2D eigenvalue weighted by molar-refractivity contribution is 5.84. The summed E-state index contributed by atoms with van der Waals surface area (Å²) in [5, 5.41) is 6.47. The first kappa shape index (κ1) is 18.6. The molecular formula is C22H27FN2O. The Kier molecular flexibility index (Phi) is 5.72. The normalized spacial score (nSPS) is 16.5. The van der Waals surface area contributed by atoms with E-state index < -0.39 is 5.41 Å². The van der Waals surface area contributed by atoms with E-state index in [2.05, 4.69) is 16.7 Å². The fourth-order valence-electron chi connectivity index (χ4n) is 3.78. The number of benzene rings is 2. The molecular weight excluding hydrogens is 327 g/mol. The molecule has 0 unspecified atom stereocenters. The summed E-state index contributed by atoms with van der Waals surface area (Å²) in [4.78, 5) is 13.0. The zero-order valence-electron chi connectivity index (χ0n) is 15.5. The van der Waals surface area contributed by atoms with Gasteiger partial charge in [0.05, 0.1) is 5.41 Å². The number of rotatable bonds is 5. The smallest absolute Gasteiger partial charge is 0.226 e. The Labute approximate surface area is 155 Å². The van der Waals surface area contributed by atoms with E-state index >= 15 is 0 Å². The first-order chi connectivity index (χ1) is 12.5. The molecule has 2 aromatic carbocycles. The topological polar surface area (TPSA) is 41.1 Å². The third kappa shape index (κ3) is 4.13. The van der Waals surface area contributed by atoms with Crippen LogP contribution < -0.4 is 10.6 Å². The maximum atomic E-state index is 13.7. The second-order valence-corrected chi connectivity index (χ2v) is 7.50. The fraction of sp³-hybridized carbons (Fsp3) is 0.409. The first-order valence-corrected chi connectivity index (χ1v) is 9.36. The average molecular weight is 354 g/mol. The average Bonchev–Trinajstić information content (AvgIpc) is 2.62. The molecule has 4 heteroatoms. The lowest BCUT2D eigenvalue weighted by Crippen LogP contribution is -2.50. The molecule has 1 heterocycles. The van der Waals surface area contributed by atoms with E-state index in [9.17, 15) is 9.18 Å². The van der Waals surface area contributed by atoms with Crippen LogP contribution in [0.25, 0.3) is 11.1 Å². The number of amides is 1. The number of piperidine rings is 1. The summed E-state index contributed by atoms with van der Waals surface area (Å²) >= 11 is 0. The molecule has 1 saturated heterocycles. The predicted octanol–water partition coefficient (Wildman–Crippen LogP) is 3.93. The Morgan fingerprint density at radius 2 is 1.88 bits per heavy atom. The Hall–Kier alpha value is -2.20. The second kappa shape index (κ2) is 8.00. The minimum atomic E-state index is -0.418. The van der Waals surface area contributed by atoms with Gasteiger partial charge in [-0.3, -0.25) is 4.79 Å². The molecule has 0 aromatic heterocycles. The van der Waals surface area contributed by atoms with Crippen LogP contribution in [0.4, 0.5) is 4.39 Å². The Balaban J connectivity index is 1.96. The van der Waals surface area contributed by atoms with E-state index in [0.717, 1.165) is 42.6 Å². The Morgan fingerprint density at radius 3 is 2.58 bits per heavy atom. The number of carbonyl (C=O) groups is 1.